The highest BCUT2D eigenvalue weighted by Gasteiger charge is 2.92. The van der Waals surface area contributed by atoms with Crippen LogP contribution in [-0.2, 0) is 90.9 Å². The van der Waals surface area contributed by atoms with Crippen LogP contribution < -0.4 is 0 Å². The van der Waals surface area contributed by atoms with Gasteiger partial charge in [0.15, 0.2) is 0 Å². The van der Waals surface area contributed by atoms with Crippen LogP contribution in [0.1, 0.15) is 58.8 Å². The quantitative estimate of drug-likeness (QED) is 0.0210. The van der Waals surface area contributed by atoms with E-state index < -0.39 is 133 Å². The molecule has 0 amide bonds. The van der Waals surface area contributed by atoms with Gasteiger partial charge in [-0.1, -0.05) is 45.4 Å². The lowest BCUT2D eigenvalue weighted by Crippen LogP contribution is -2.84. The van der Waals surface area contributed by atoms with E-state index in [2.05, 4.69) is 45.2 Å². The van der Waals surface area contributed by atoms with Crippen LogP contribution in [0.5, 0.6) is 0 Å². The van der Waals surface area contributed by atoms with E-state index in [-0.39, 0.29) is 12.8 Å². The molecule has 1 unspecified atom stereocenters. The predicted molar refractivity (Wildman–Crippen MR) is 189 cm³/mol. The van der Waals surface area contributed by atoms with Crippen molar-refractivity contribution in [3.8, 4) is 0 Å². The minimum absolute atomic E-state index is 0.138. The first-order valence-electron chi connectivity index (χ1n) is 15.3. The average Bonchev–Trinajstić information content (AvgIpc) is 2.89. The zero-order chi connectivity index (χ0) is 51.5. The van der Waals surface area contributed by atoms with Gasteiger partial charge in [-0.25, -0.2) is 86.4 Å². The predicted octanol–water partition coefficient (Wildman–Crippen LogP) is -1.67. The first-order chi connectivity index (χ1) is 27.6. The zero-order valence-corrected chi connectivity index (χ0v) is 40.0. The molecule has 1 atom stereocenters. The molecule has 0 saturated carbocycles. The monoisotopic (exact) mass is 1160 g/mol. The summed E-state index contributed by atoms with van der Waals surface area (Å²) in [6.45, 7) is 1.16. The van der Waals surface area contributed by atoms with Crippen molar-refractivity contribution in [1.29, 1.82) is 0 Å². The molecular formula is C14H40O40P10. The first-order valence-corrected chi connectivity index (χ1v) is 30.6. The molecule has 0 aromatic heterocycles. The van der Waals surface area contributed by atoms with Crippen LogP contribution in [0.3, 0.4) is 0 Å². The van der Waals surface area contributed by atoms with E-state index >= 15 is 0 Å². The Balaban J connectivity index is 11.2. The summed E-state index contributed by atoms with van der Waals surface area (Å²) in [6.07, 6.45) is -3.01. The summed E-state index contributed by atoms with van der Waals surface area (Å²) in [6, 6.07) is 0. The molecule has 50 heteroatoms. The molecule has 0 heterocycles. The van der Waals surface area contributed by atoms with Crippen LogP contribution in [0, 0.1) is 0 Å². The lowest BCUT2D eigenvalue weighted by atomic mass is 9.79. The Morgan fingerprint density at radius 3 is 0.766 bits per heavy atom. The van der Waals surface area contributed by atoms with Gasteiger partial charge in [-0.2, -0.15) is 0 Å². The molecule has 40 nitrogen and oxygen atoms in total. The molecule has 64 heavy (non-hydrogen) atoms. The smallest absolute Gasteiger partial charge is 0.303 e. The van der Waals surface area contributed by atoms with E-state index in [0.717, 1.165) is 0 Å². The van der Waals surface area contributed by atoms with Gasteiger partial charge < -0.3 is 97.9 Å². The highest BCUT2D eigenvalue weighted by atomic mass is 31.2. The summed E-state index contributed by atoms with van der Waals surface area (Å²) in [7, 11) is -77.8. The second-order valence-electron chi connectivity index (χ2n) is 12.0. The SMILES string of the molecule is CCCCCCCCC(C)(OP(=O)(O)O)C(OP(=O)(O)O)(OP(=O)(O)O)C(OP(=O)(O)O)(OP(=O)(O)O)C(OP(=O)(O)O)(OP(=O)(O)O)C(OP(=O)(O)O)(OP(=O)(O)O)OP(=O)(O)O. The van der Waals surface area contributed by atoms with Gasteiger partial charge in [0.1, 0.15) is 5.60 Å². The summed E-state index contributed by atoms with van der Waals surface area (Å²) in [4.78, 5) is 201. The minimum Gasteiger partial charge on any atom is -0.303 e. The molecule has 0 radical (unpaired) electrons. The van der Waals surface area contributed by atoms with Gasteiger partial charge in [-0.15, -0.1) is 0 Å². The van der Waals surface area contributed by atoms with Crippen LogP contribution in [0.15, 0.2) is 0 Å². The lowest BCUT2D eigenvalue weighted by Gasteiger charge is -2.60. The normalized spacial score (nSPS) is 16.5. The van der Waals surface area contributed by atoms with Crippen LogP contribution in [0.4, 0.5) is 0 Å². The number of phosphoric acid groups is 10. The van der Waals surface area contributed by atoms with Crippen molar-refractivity contribution in [1.82, 2.24) is 0 Å². The molecule has 0 aliphatic rings. The van der Waals surface area contributed by atoms with E-state index in [1.54, 1.807) is 6.92 Å². The summed E-state index contributed by atoms with van der Waals surface area (Å²) in [5, 5.41) is 0. The Kier molecular flexibility index (Phi) is 22.2. The molecular weight excluding hydrogens is 1120 g/mol. The third-order valence-corrected chi connectivity index (χ3v) is 11.5. The van der Waals surface area contributed by atoms with Crippen molar-refractivity contribution in [3.05, 3.63) is 0 Å². The molecule has 0 spiro atoms. The van der Waals surface area contributed by atoms with Gasteiger partial charge in [0.05, 0.1) is 0 Å². The van der Waals surface area contributed by atoms with Crippen LogP contribution >= 0.6 is 78.2 Å². The maximum Gasteiger partial charge on any atom is 0.474 e. The maximum absolute atomic E-state index is 13.0. The lowest BCUT2D eigenvalue weighted by molar-refractivity contribution is -0.512. The summed E-state index contributed by atoms with van der Waals surface area (Å²) >= 11 is 0. The molecule has 0 saturated heterocycles. The molecule has 386 valence electrons. The number of hydrogen-bond donors (Lipinski definition) is 20. The van der Waals surface area contributed by atoms with Crippen molar-refractivity contribution in [2.24, 2.45) is 0 Å². The minimum atomic E-state index is -8.02. The number of hydrogen-bond acceptors (Lipinski definition) is 20. The van der Waals surface area contributed by atoms with Crippen molar-refractivity contribution < 1.29 is 189 Å². The molecule has 0 aliphatic heterocycles. The van der Waals surface area contributed by atoms with Crippen LogP contribution in [-0.4, -0.2) is 127 Å². The fourth-order valence-electron chi connectivity index (χ4n) is 5.08. The van der Waals surface area contributed by atoms with Gasteiger partial charge >= 0.3 is 95.8 Å². The number of unbranched alkanes of at least 4 members (excludes halogenated alkanes) is 5. The third kappa shape index (κ3) is 21.6. The number of rotatable bonds is 31. The number of phosphoric ester groups is 10. The highest BCUT2D eigenvalue weighted by Crippen LogP contribution is 2.76. The second-order valence-corrected chi connectivity index (χ2v) is 23.6. The Morgan fingerprint density at radius 2 is 0.516 bits per heavy atom. The van der Waals surface area contributed by atoms with Crippen LogP contribution in [0.2, 0.25) is 0 Å². The fraction of sp³-hybridized carbons (Fsp3) is 1.00. The molecule has 0 rings (SSSR count). The van der Waals surface area contributed by atoms with Gasteiger partial charge in [-0.3, -0.25) is 4.52 Å². The highest BCUT2D eigenvalue weighted by molar-refractivity contribution is 7.49. The average molecular weight is 1160 g/mol. The molecule has 0 aromatic rings. The van der Waals surface area contributed by atoms with Crippen molar-refractivity contribution in [2.45, 2.75) is 87.7 Å². The van der Waals surface area contributed by atoms with E-state index in [4.69, 9.17) is 0 Å². The molecule has 0 bridgehead atoms. The maximum atomic E-state index is 13.0. The van der Waals surface area contributed by atoms with Gasteiger partial charge in [0.2, 0.25) is 0 Å². The van der Waals surface area contributed by atoms with Gasteiger partial charge in [-0.05, 0) is 13.3 Å². The largest absolute Gasteiger partial charge is 0.474 e. The Bertz CT molecular complexity index is 1940. The van der Waals surface area contributed by atoms with Crippen molar-refractivity contribution in [2.75, 3.05) is 0 Å². The molecule has 0 aliphatic carbocycles. The molecule has 20 N–H and O–H groups in total. The van der Waals surface area contributed by atoms with Crippen LogP contribution in [0.25, 0.3) is 0 Å². The summed E-state index contributed by atoms with van der Waals surface area (Å²) in [5.41, 5.74) is -4.96. The van der Waals surface area contributed by atoms with E-state index in [0.29, 0.717) is 12.8 Å². The molecule has 0 fully saturated rings. The topological polar surface area (TPSA) is 668 Å². The van der Waals surface area contributed by atoms with E-state index in [1.807, 2.05) is 0 Å². The summed E-state index contributed by atoms with van der Waals surface area (Å²) < 4.78 is 166. The fourth-order valence-corrected chi connectivity index (χ4v) is 11.5. The Hall–Kier alpha value is 1.10. The van der Waals surface area contributed by atoms with Crippen molar-refractivity contribution >= 4 is 78.2 Å². The first kappa shape index (κ1) is 65.1. The van der Waals surface area contributed by atoms with E-state index in [9.17, 15) is 144 Å². The van der Waals surface area contributed by atoms with Gasteiger partial charge in [0, 0.05) is 0 Å². The van der Waals surface area contributed by atoms with E-state index in [1.165, 1.54) is 0 Å². The standard InChI is InChI=1S/C14H40O40P10/c1-3-4-5-6-7-8-9-10(2,45-55(15,16)17)11(46-56(18,19)20,47-57(21,22)23)12(48-58(24,25)26,49-59(27,28)29)13(50-60(30,31)32,51-61(33,34)35)14(52-62(36,37)38,53-63(39,40)41)54-64(42,43)44/h3-9H2,1-2H3,(H2,15,16,17)(H2,18,19,20)(H2,21,22,23)(H2,24,25,26)(H2,27,28,29)(H2,30,31,32)(H2,33,34,35)(H2,36,37,38)(H2,39,40,41)(H2,42,43,44). The van der Waals surface area contributed by atoms with Crippen molar-refractivity contribution in [3.63, 3.8) is 0 Å². The summed E-state index contributed by atoms with van der Waals surface area (Å²) in [5.74, 6) is -28.3. The second kappa shape index (κ2) is 21.8. The molecule has 0 aromatic carbocycles. The zero-order valence-electron chi connectivity index (χ0n) is 31.0. The van der Waals surface area contributed by atoms with Gasteiger partial charge in [0.25, 0.3) is 5.79 Å². The third-order valence-electron chi connectivity index (χ3n) is 6.50. The Morgan fingerprint density at radius 1 is 0.297 bits per heavy atom. The Labute approximate surface area is 354 Å².